The van der Waals surface area contributed by atoms with Crippen molar-refractivity contribution in [2.45, 2.75) is 57.3 Å². The first-order valence-corrected chi connectivity index (χ1v) is 11.5. The summed E-state index contributed by atoms with van der Waals surface area (Å²) < 4.78 is 11.8. The molecule has 2 aromatic heterocycles. The van der Waals surface area contributed by atoms with Crippen LogP contribution in [-0.4, -0.2) is 39.5 Å². The normalized spacial score (nSPS) is 25.7. The maximum Gasteiger partial charge on any atom is 0.293 e. The Morgan fingerprint density at radius 3 is 2.84 bits per heavy atom. The minimum atomic E-state index is -0.561. The third-order valence-corrected chi connectivity index (χ3v) is 7.07. The Hall–Kier alpha value is -2.35. The van der Waals surface area contributed by atoms with Crippen molar-refractivity contribution in [2.24, 2.45) is 0 Å². The highest BCUT2D eigenvalue weighted by Crippen LogP contribution is 2.40. The summed E-state index contributed by atoms with van der Waals surface area (Å²) in [6.45, 7) is 4.59. The molecule has 0 bridgehead atoms. The average molecular weight is 475 g/mol. The van der Waals surface area contributed by atoms with E-state index in [9.17, 15) is 4.79 Å². The van der Waals surface area contributed by atoms with Gasteiger partial charge in [-0.05, 0) is 62.3 Å². The van der Waals surface area contributed by atoms with E-state index in [0.717, 1.165) is 23.1 Å². The van der Waals surface area contributed by atoms with Crippen molar-refractivity contribution in [3.05, 3.63) is 51.3 Å². The average Bonchev–Trinajstić information content (AvgIpc) is 3.12. The number of benzene rings is 1. The van der Waals surface area contributed by atoms with Crippen LogP contribution in [0, 0.1) is 0 Å². The number of oxazole rings is 1. The molecule has 32 heavy (non-hydrogen) atoms. The smallest absolute Gasteiger partial charge is 0.293 e. The molecule has 9 heteroatoms. The van der Waals surface area contributed by atoms with E-state index in [1.54, 1.807) is 18.5 Å². The largest absolute Gasteiger partial charge is 0.423 e. The molecule has 5 rings (SSSR count). The Bertz CT molecular complexity index is 1200. The molecule has 0 radical (unpaired) electrons. The summed E-state index contributed by atoms with van der Waals surface area (Å²) in [7, 11) is 0. The molecule has 0 saturated carbocycles. The van der Waals surface area contributed by atoms with E-state index in [4.69, 9.17) is 38.1 Å². The van der Waals surface area contributed by atoms with Gasteiger partial charge >= 0.3 is 0 Å². The minimum absolute atomic E-state index is 0.0251. The lowest BCUT2D eigenvalue weighted by molar-refractivity contribution is -0.155. The molecule has 3 aromatic rings. The molecule has 1 saturated heterocycles. The van der Waals surface area contributed by atoms with Gasteiger partial charge in [0, 0.05) is 28.4 Å². The third kappa shape index (κ3) is 3.72. The highest BCUT2D eigenvalue weighted by molar-refractivity contribution is 6.35. The molecule has 1 fully saturated rings. The lowest BCUT2D eigenvalue weighted by atomic mass is 9.85. The zero-order valence-corrected chi connectivity index (χ0v) is 19.4. The quantitative estimate of drug-likeness (QED) is 0.566. The highest BCUT2D eigenvalue weighted by Gasteiger charge is 2.39. The van der Waals surface area contributed by atoms with Gasteiger partial charge in [0.2, 0.25) is 0 Å². The zero-order valence-electron chi connectivity index (χ0n) is 17.8. The Balaban J connectivity index is 1.41. The highest BCUT2D eigenvalue weighted by atomic mass is 35.5. The first-order valence-electron chi connectivity index (χ1n) is 10.8. The number of halogens is 2. The molecular formula is C23H24Cl2N4O3. The number of ether oxygens (including phenoxy) is 1. The van der Waals surface area contributed by atoms with E-state index in [1.807, 2.05) is 24.8 Å². The first kappa shape index (κ1) is 21.5. The topological polar surface area (TPSA) is 94.5 Å². The van der Waals surface area contributed by atoms with Crippen molar-refractivity contribution >= 4 is 46.2 Å². The van der Waals surface area contributed by atoms with Crippen LogP contribution in [0.2, 0.25) is 10.0 Å². The lowest BCUT2D eigenvalue weighted by Crippen LogP contribution is -2.48. The van der Waals surface area contributed by atoms with Crippen LogP contribution < -0.4 is 5.73 Å². The van der Waals surface area contributed by atoms with Gasteiger partial charge in [0.05, 0.1) is 18.3 Å². The molecule has 2 unspecified atom stereocenters. The number of aromatic nitrogens is 2. The van der Waals surface area contributed by atoms with Gasteiger partial charge in [0.25, 0.3) is 11.9 Å². The van der Waals surface area contributed by atoms with Crippen molar-refractivity contribution in [3.63, 3.8) is 0 Å². The van der Waals surface area contributed by atoms with Crippen LogP contribution in [0.25, 0.3) is 11.1 Å². The molecule has 2 aliphatic heterocycles. The molecule has 2 aliphatic rings. The van der Waals surface area contributed by atoms with Crippen LogP contribution in [-0.2, 0) is 16.0 Å². The van der Waals surface area contributed by atoms with Gasteiger partial charge in [-0.2, -0.15) is 4.98 Å². The molecule has 2 N–H and O–H groups in total. The fourth-order valence-corrected chi connectivity index (χ4v) is 5.82. The van der Waals surface area contributed by atoms with Crippen LogP contribution in [0.15, 0.2) is 28.9 Å². The number of hydrogen-bond donors (Lipinski definition) is 1. The van der Waals surface area contributed by atoms with Gasteiger partial charge in [0.1, 0.15) is 11.6 Å². The molecule has 1 amide bonds. The van der Waals surface area contributed by atoms with Crippen LogP contribution in [0.1, 0.15) is 55.3 Å². The molecule has 4 heterocycles. The summed E-state index contributed by atoms with van der Waals surface area (Å²) in [6.07, 6.45) is 4.76. The van der Waals surface area contributed by atoms with E-state index < -0.39 is 6.10 Å². The Kier molecular flexibility index (Phi) is 5.51. The minimum Gasteiger partial charge on any atom is -0.423 e. The third-order valence-electron chi connectivity index (χ3n) is 6.54. The Labute approximate surface area is 195 Å². The first-order chi connectivity index (χ1) is 15.3. The molecule has 168 valence electrons. The van der Waals surface area contributed by atoms with Crippen LogP contribution in [0.5, 0.6) is 0 Å². The Morgan fingerprint density at radius 1 is 1.22 bits per heavy atom. The second kappa shape index (κ2) is 8.21. The number of nitrogens with zero attached hydrogens (tertiary/aromatic N) is 3. The predicted octanol–water partition coefficient (Wildman–Crippen LogP) is 4.91. The maximum absolute atomic E-state index is 13.6. The molecule has 7 nitrogen and oxygen atoms in total. The van der Waals surface area contributed by atoms with Crippen LogP contribution >= 0.6 is 23.2 Å². The van der Waals surface area contributed by atoms with E-state index in [2.05, 4.69) is 9.97 Å². The summed E-state index contributed by atoms with van der Waals surface area (Å²) in [5.74, 6) is 0.0222. The fourth-order valence-electron chi connectivity index (χ4n) is 5.13. The summed E-state index contributed by atoms with van der Waals surface area (Å²) in [6, 6.07) is 3.63. The molecule has 0 aliphatic carbocycles. The van der Waals surface area contributed by atoms with E-state index in [1.165, 1.54) is 0 Å². The molecule has 1 aromatic carbocycles. The Morgan fingerprint density at radius 2 is 2.03 bits per heavy atom. The van der Waals surface area contributed by atoms with Gasteiger partial charge < -0.3 is 19.8 Å². The summed E-state index contributed by atoms with van der Waals surface area (Å²) in [4.78, 5) is 24.0. The van der Waals surface area contributed by atoms with Crippen molar-refractivity contribution in [1.82, 2.24) is 14.9 Å². The second-order valence-electron chi connectivity index (χ2n) is 8.65. The van der Waals surface area contributed by atoms with Crippen molar-refractivity contribution in [1.29, 1.82) is 0 Å². The molecular weight excluding hydrogens is 451 g/mol. The number of hydrogen-bond acceptors (Lipinski definition) is 6. The number of anilines is 1. The SMILES string of the molecule is C[C@H]1CC(c2cncc3nc(N)oc23)CC(C(=O)N2CCc3cc(Cl)cc(Cl)c3[C@@H]2C)O1. The predicted molar refractivity (Wildman–Crippen MR) is 123 cm³/mol. The summed E-state index contributed by atoms with van der Waals surface area (Å²) in [5, 5.41) is 1.21. The van der Waals surface area contributed by atoms with Gasteiger partial charge in [0.15, 0.2) is 5.58 Å². The van der Waals surface area contributed by atoms with Gasteiger partial charge in [-0.3, -0.25) is 9.78 Å². The van der Waals surface area contributed by atoms with Gasteiger partial charge in [-0.1, -0.05) is 23.2 Å². The summed E-state index contributed by atoms with van der Waals surface area (Å²) in [5.41, 5.74) is 9.97. The number of pyridine rings is 1. The maximum atomic E-state index is 13.6. The van der Waals surface area contributed by atoms with E-state index in [0.29, 0.717) is 40.5 Å². The number of nitrogens with two attached hydrogens (primary N) is 1. The van der Waals surface area contributed by atoms with Gasteiger partial charge in [-0.15, -0.1) is 0 Å². The van der Waals surface area contributed by atoms with Crippen molar-refractivity contribution < 1.29 is 13.9 Å². The number of rotatable bonds is 2. The number of carbonyl (C=O) groups excluding carboxylic acids is 1. The van der Waals surface area contributed by atoms with Crippen molar-refractivity contribution in [2.75, 3.05) is 12.3 Å². The van der Waals surface area contributed by atoms with E-state index >= 15 is 0 Å². The zero-order chi connectivity index (χ0) is 22.6. The number of carbonyl (C=O) groups is 1. The summed E-state index contributed by atoms with van der Waals surface area (Å²) >= 11 is 12.7. The van der Waals surface area contributed by atoms with Gasteiger partial charge in [-0.25, -0.2) is 0 Å². The standard InChI is InChI=1S/C23H24Cl2N4O3/c1-11-5-14(16-9-27-10-18-21(16)32-23(26)28-18)7-19(31-11)22(30)29-4-3-13-6-15(24)8-17(25)20(13)12(29)2/h6,8-12,14,19H,3-5,7H2,1-2H3,(H2,26,28)/t11-,12-,14?,19?/m0/s1. The number of amides is 1. The number of fused-ring (bicyclic) bond motifs is 2. The number of nitrogen functional groups attached to an aromatic ring is 1. The molecule has 0 spiro atoms. The van der Waals surface area contributed by atoms with E-state index in [-0.39, 0.29) is 30.0 Å². The van der Waals surface area contributed by atoms with Crippen LogP contribution in [0.4, 0.5) is 6.01 Å². The lowest BCUT2D eigenvalue weighted by Gasteiger charge is -2.40. The fraction of sp³-hybridized carbons (Fsp3) is 0.435. The monoisotopic (exact) mass is 474 g/mol. The van der Waals surface area contributed by atoms with Crippen molar-refractivity contribution in [3.8, 4) is 0 Å². The van der Waals surface area contributed by atoms with Crippen LogP contribution in [0.3, 0.4) is 0 Å². The molecule has 4 atom stereocenters. The second-order valence-corrected chi connectivity index (χ2v) is 9.49.